The Hall–Kier alpha value is -2.11. The lowest BCUT2D eigenvalue weighted by molar-refractivity contribution is 0.592. The highest BCUT2D eigenvalue weighted by atomic mass is 31.2. The van der Waals surface area contributed by atoms with Crippen LogP contribution in [0.1, 0.15) is 115 Å². The molecule has 3 aromatic rings. The quantitative estimate of drug-likeness (QED) is 0.118. The summed E-state index contributed by atoms with van der Waals surface area (Å²) in [4.78, 5) is 0. The van der Waals surface area contributed by atoms with E-state index in [4.69, 9.17) is 0 Å². The normalized spacial score (nSPS) is 11.7. The number of hydrogen-bond acceptors (Lipinski definition) is 1. The molecule has 0 atom stereocenters. The molecule has 0 aliphatic heterocycles. The zero-order chi connectivity index (χ0) is 27.1. The minimum absolute atomic E-state index is 0.946. The molecule has 0 heterocycles. The Kier molecular flexibility index (Phi) is 13.4. The van der Waals surface area contributed by atoms with E-state index in [1.807, 2.05) is 0 Å². The van der Waals surface area contributed by atoms with Gasteiger partial charge in [-0.05, 0) is 55.2 Å². The predicted octanol–water partition coefficient (Wildman–Crippen LogP) is 9.69. The van der Waals surface area contributed by atoms with Gasteiger partial charge in [-0.25, -0.2) is 0 Å². The fourth-order valence-corrected chi connectivity index (χ4v) is 7.93. The smallest absolute Gasteiger partial charge is 0.171 e. The number of hydrogen-bond donors (Lipinski definition) is 0. The molecule has 1 nitrogen and oxygen atoms in total. The maximum Gasteiger partial charge on any atom is 0.171 e. The van der Waals surface area contributed by atoms with Gasteiger partial charge in [-0.3, -0.25) is 0 Å². The Morgan fingerprint density at radius 2 is 0.658 bits per heavy atom. The van der Waals surface area contributed by atoms with E-state index in [2.05, 4.69) is 93.6 Å². The van der Waals surface area contributed by atoms with E-state index < -0.39 is 7.14 Å². The summed E-state index contributed by atoms with van der Waals surface area (Å²) in [7, 11) is -2.95. The maximum absolute atomic E-state index is 15.0. The molecule has 0 saturated heterocycles. The highest BCUT2D eigenvalue weighted by Gasteiger charge is 2.29. The monoisotopic (exact) mass is 530 g/mol. The third kappa shape index (κ3) is 8.98. The molecule has 0 aromatic heterocycles. The van der Waals surface area contributed by atoms with E-state index in [1.165, 1.54) is 93.7 Å². The van der Waals surface area contributed by atoms with E-state index in [0.717, 1.165) is 35.2 Å². The van der Waals surface area contributed by atoms with E-state index in [0.29, 0.717) is 0 Å². The first-order valence-electron chi connectivity index (χ1n) is 15.5. The Balaban J connectivity index is 1.84. The molecule has 206 valence electrons. The molecule has 0 radical (unpaired) electrons. The van der Waals surface area contributed by atoms with Crippen LogP contribution in [-0.4, -0.2) is 0 Å². The van der Waals surface area contributed by atoms with Gasteiger partial charge in [0.2, 0.25) is 0 Å². The van der Waals surface area contributed by atoms with Gasteiger partial charge in [-0.1, -0.05) is 151 Å². The van der Waals surface area contributed by atoms with Crippen molar-refractivity contribution in [1.29, 1.82) is 0 Å². The van der Waals surface area contributed by atoms with Gasteiger partial charge >= 0.3 is 0 Å². The van der Waals surface area contributed by atoms with Crippen molar-refractivity contribution in [3.63, 3.8) is 0 Å². The van der Waals surface area contributed by atoms with Crippen LogP contribution in [0, 0.1) is 0 Å². The zero-order valence-corrected chi connectivity index (χ0v) is 25.3. The van der Waals surface area contributed by atoms with Crippen LogP contribution in [0.3, 0.4) is 0 Å². The van der Waals surface area contributed by atoms with Gasteiger partial charge in [0.15, 0.2) is 7.14 Å². The summed E-state index contributed by atoms with van der Waals surface area (Å²) in [5.41, 5.74) is 4.05. The van der Waals surface area contributed by atoms with E-state index in [1.54, 1.807) is 0 Å². The van der Waals surface area contributed by atoms with Crippen molar-refractivity contribution >= 4 is 23.1 Å². The molecular formula is C36H51OP. The third-order valence-corrected chi connectivity index (χ3v) is 10.9. The Bertz CT molecular complexity index is 938. The second-order valence-electron chi connectivity index (χ2n) is 11.0. The SMILES string of the molecule is CCCCCCc1ccc(P(=O)(c2ccc(CCCCCC)cc2)c2ccc(CCCCCC)cc2)cc1. The summed E-state index contributed by atoms with van der Waals surface area (Å²) in [6, 6.07) is 26.0. The predicted molar refractivity (Wildman–Crippen MR) is 169 cm³/mol. The van der Waals surface area contributed by atoms with E-state index in [9.17, 15) is 0 Å². The average molecular weight is 531 g/mol. The Morgan fingerprint density at radius 3 is 0.895 bits per heavy atom. The van der Waals surface area contributed by atoms with Gasteiger partial charge in [-0.15, -0.1) is 0 Å². The molecule has 0 N–H and O–H groups in total. The number of rotatable bonds is 18. The van der Waals surface area contributed by atoms with E-state index >= 15 is 4.57 Å². The minimum atomic E-state index is -2.95. The third-order valence-electron chi connectivity index (χ3n) is 7.86. The molecular weight excluding hydrogens is 479 g/mol. The first kappa shape index (κ1) is 30.4. The van der Waals surface area contributed by atoms with Crippen molar-refractivity contribution in [2.24, 2.45) is 0 Å². The molecule has 38 heavy (non-hydrogen) atoms. The standard InChI is InChI=1S/C36H51OP/c1-4-7-10-13-16-31-19-25-34(26-20-31)38(37,35-27-21-32(22-28-35)17-14-11-8-5-2)36-29-23-33(24-30-36)18-15-12-9-6-3/h19-30H,4-18H2,1-3H3. The molecule has 0 spiro atoms. The molecule has 0 unspecified atom stereocenters. The molecule has 0 amide bonds. The van der Waals surface area contributed by atoms with Crippen LogP contribution in [0.4, 0.5) is 0 Å². The first-order valence-corrected chi connectivity index (χ1v) is 17.2. The van der Waals surface area contributed by atoms with Crippen LogP contribution in [-0.2, 0) is 23.8 Å². The second kappa shape index (κ2) is 16.8. The Morgan fingerprint density at radius 1 is 0.395 bits per heavy atom. The van der Waals surface area contributed by atoms with Crippen LogP contribution in [0.5, 0.6) is 0 Å². The number of unbranched alkanes of at least 4 members (excludes halogenated alkanes) is 9. The van der Waals surface area contributed by atoms with Crippen LogP contribution >= 0.6 is 7.14 Å². The fraction of sp³-hybridized carbons (Fsp3) is 0.500. The second-order valence-corrected chi connectivity index (χ2v) is 13.8. The van der Waals surface area contributed by atoms with Crippen molar-refractivity contribution in [3.05, 3.63) is 89.5 Å². The van der Waals surface area contributed by atoms with Gasteiger partial charge in [0, 0.05) is 15.9 Å². The lowest BCUT2D eigenvalue weighted by Gasteiger charge is -2.21. The van der Waals surface area contributed by atoms with Crippen molar-refractivity contribution in [2.75, 3.05) is 0 Å². The minimum Gasteiger partial charge on any atom is -0.309 e. The molecule has 2 heteroatoms. The highest BCUT2D eigenvalue weighted by Crippen LogP contribution is 2.42. The van der Waals surface area contributed by atoms with Crippen molar-refractivity contribution < 1.29 is 4.57 Å². The summed E-state index contributed by atoms with van der Waals surface area (Å²) in [5, 5.41) is 2.84. The molecule has 0 aliphatic rings. The first-order chi connectivity index (χ1) is 18.6. The fourth-order valence-electron chi connectivity index (χ4n) is 5.33. The van der Waals surface area contributed by atoms with Crippen LogP contribution in [0.15, 0.2) is 72.8 Å². The lowest BCUT2D eigenvalue weighted by Crippen LogP contribution is -2.25. The van der Waals surface area contributed by atoms with Crippen molar-refractivity contribution in [3.8, 4) is 0 Å². The van der Waals surface area contributed by atoms with Crippen LogP contribution in [0.2, 0.25) is 0 Å². The summed E-state index contributed by atoms with van der Waals surface area (Å²) >= 11 is 0. The topological polar surface area (TPSA) is 17.1 Å². The number of aryl methyl sites for hydroxylation is 3. The molecule has 3 aromatic carbocycles. The van der Waals surface area contributed by atoms with Gasteiger partial charge < -0.3 is 4.57 Å². The van der Waals surface area contributed by atoms with Gasteiger partial charge in [0.05, 0.1) is 0 Å². The largest absolute Gasteiger partial charge is 0.309 e. The van der Waals surface area contributed by atoms with Gasteiger partial charge in [0.1, 0.15) is 0 Å². The summed E-state index contributed by atoms with van der Waals surface area (Å²) in [6.45, 7) is 6.76. The highest BCUT2D eigenvalue weighted by molar-refractivity contribution is 7.85. The zero-order valence-electron chi connectivity index (χ0n) is 24.4. The summed E-state index contributed by atoms with van der Waals surface area (Å²) in [5.74, 6) is 0. The van der Waals surface area contributed by atoms with Gasteiger partial charge in [0.25, 0.3) is 0 Å². The maximum atomic E-state index is 15.0. The molecule has 3 rings (SSSR count). The molecule has 0 aliphatic carbocycles. The van der Waals surface area contributed by atoms with Gasteiger partial charge in [-0.2, -0.15) is 0 Å². The van der Waals surface area contributed by atoms with Crippen LogP contribution in [0.25, 0.3) is 0 Å². The molecule has 0 bridgehead atoms. The molecule has 0 fully saturated rings. The van der Waals surface area contributed by atoms with Crippen LogP contribution < -0.4 is 15.9 Å². The lowest BCUT2D eigenvalue weighted by atomic mass is 10.1. The molecule has 0 saturated carbocycles. The van der Waals surface area contributed by atoms with Crippen molar-refractivity contribution in [2.45, 2.75) is 117 Å². The average Bonchev–Trinajstić information content (AvgIpc) is 2.96. The summed E-state index contributed by atoms with van der Waals surface area (Å²) < 4.78 is 15.0. The Labute approximate surface area is 233 Å². The van der Waals surface area contributed by atoms with Crippen molar-refractivity contribution in [1.82, 2.24) is 0 Å². The van der Waals surface area contributed by atoms with E-state index in [-0.39, 0.29) is 0 Å². The number of benzene rings is 3. The summed E-state index contributed by atoms with van der Waals surface area (Å²) in [6.07, 6.45) is 18.5.